The number of nitrogens with one attached hydrogen (secondary N) is 1. The topological polar surface area (TPSA) is 52.7 Å². The normalized spacial score (nSPS) is 19.0. The number of benzene rings is 1. The van der Waals surface area contributed by atoms with Gasteiger partial charge in [-0.15, -0.1) is 0 Å². The van der Waals surface area contributed by atoms with E-state index in [-0.39, 0.29) is 11.8 Å². The smallest absolute Gasteiger partial charge is 0.251 e. The van der Waals surface area contributed by atoms with Gasteiger partial charge in [0, 0.05) is 55.2 Å². The van der Waals surface area contributed by atoms with E-state index in [1.165, 1.54) is 12.8 Å². The Morgan fingerprint density at radius 1 is 1.08 bits per heavy atom. The first-order chi connectivity index (χ1) is 11.6. The van der Waals surface area contributed by atoms with Crippen LogP contribution in [0.1, 0.15) is 36.0 Å². The van der Waals surface area contributed by atoms with Gasteiger partial charge in [0.25, 0.3) is 5.91 Å². The van der Waals surface area contributed by atoms with Crippen molar-refractivity contribution in [2.75, 3.05) is 32.7 Å². The van der Waals surface area contributed by atoms with Gasteiger partial charge < -0.3 is 10.2 Å². The van der Waals surface area contributed by atoms with Crippen molar-refractivity contribution in [1.82, 2.24) is 15.1 Å². The third-order valence-electron chi connectivity index (χ3n) is 4.68. The number of hydrogen-bond donors (Lipinski definition) is 1. The van der Waals surface area contributed by atoms with E-state index in [1.54, 1.807) is 12.1 Å². The van der Waals surface area contributed by atoms with Crippen molar-refractivity contribution >= 4 is 27.7 Å². The molecule has 0 unspecified atom stereocenters. The van der Waals surface area contributed by atoms with Crippen LogP contribution in [0, 0.1) is 0 Å². The second-order valence-corrected chi connectivity index (χ2v) is 7.43. The highest BCUT2D eigenvalue weighted by Crippen LogP contribution is 2.27. The van der Waals surface area contributed by atoms with Crippen LogP contribution in [-0.2, 0) is 4.79 Å². The van der Waals surface area contributed by atoms with Crippen LogP contribution in [0.5, 0.6) is 0 Å². The molecule has 5 nitrogen and oxygen atoms in total. The van der Waals surface area contributed by atoms with Crippen molar-refractivity contribution in [3.63, 3.8) is 0 Å². The van der Waals surface area contributed by atoms with E-state index >= 15 is 0 Å². The fourth-order valence-corrected chi connectivity index (χ4v) is 3.40. The maximum absolute atomic E-state index is 12.4. The molecule has 1 heterocycles. The van der Waals surface area contributed by atoms with Crippen LogP contribution in [0.15, 0.2) is 28.7 Å². The minimum atomic E-state index is -0.133. The van der Waals surface area contributed by atoms with Gasteiger partial charge in [0.2, 0.25) is 5.91 Å². The summed E-state index contributed by atoms with van der Waals surface area (Å²) < 4.78 is 0.940. The molecule has 1 saturated carbocycles. The van der Waals surface area contributed by atoms with Crippen molar-refractivity contribution < 1.29 is 9.59 Å². The van der Waals surface area contributed by atoms with Gasteiger partial charge in [-0.1, -0.05) is 15.9 Å². The molecule has 0 spiro atoms. The summed E-state index contributed by atoms with van der Waals surface area (Å²) in [6.07, 6.45) is 4.05. The molecule has 0 aromatic heterocycles. The Bertz CT molecular complexity index is 586. The van der Waals surface area contributed by atoms with Gasteiger partial charge in [-0.3, -0.25) is 14.5 Å². The third kappa shape index (κ3) is 4.80. The first-order valence-electron chi connectivity index (χ1n) is 8.69. The molecular weight excluding hydrogens is 370 g/mol. The second kappa shape index (κ2) is 8.12. The van der Waals surface area contributed by atoms with Gasteiger partial charge in [0.1, 0.15) is 0 Å². The van der Waals surface area contributed by atoms with Gasteiger partial charge in [0.15, 0.2) is 0 Å². The second-order valence-electron chi connectivity index (χ2n) is 6.51. The molecule has 2 fully saturated rings. The number of halogens is 1. The highest BCUT2D eigenvalue weighted by molar-refractivity contribution is 9.10. The maximum Gasteiger partial charge on any atom is 0.251 e. The Morgan fingerprint density at radius 3 is 2.54 bits per heavy atom. The molecule has 1 N–H and O–H groups in total. The predicted molar refractivity (Wildman–Crippen MR) is 96.9 cm³/mol. The molecule has 24 heavy (non-hydrogen) atoms. The lowest BCUT2D eigenvalue weighted by Crippen LogP contribution is -2.37. The Labute approximate surface area is 151 Å². The monoisotopic (exact) mass is 393 g/mol. The van der Waals surface area contributed by atoms with Gasteiger partial charge in [-0.25, -0.2) is 0 Å². The van der Waals surface area contributed by atoms with Gasteiger partial charge in [-0.2, -0.15) is 0 Å². The zero-order chi connectivity index (χ0) is 16.9. The van der Waals surface area contributed by atoms with Crippen LogP contribution in [0.2, 0.25) is 0 Å². The van der Waals surface area contributed by atoms with E-state index in [2.05, 4.69) is 26.1 Å². The lowest BCUT2D eigenvalue weighted by Gasteiger charge is -2.22. The van der Waals surface area contributed by atoms with Crippen LogP contribution >= 0.6 is 15.9 Å². The number of amides is 2. The minimum absolute atomic E-state index is 0.133. The molecule has 2 amide bonds. The molecular formula is C18H24BrN3O2. The summed E-state index contributed by atoms with van der Waals surface area (Å²) in [5.41, 5.74) is 0.612. The van der Waals surface area contributed by atoms with Crippen molar-refractivity contribution in [1.29, 1.82) is 0 Å². The van der Waals surface area contributed by atoms with Gasteiger partial charge in [-0.05, 0) is 43.5 Å². The average molecular weight is 394 g/mol. The maximum atomic E-state index is 12.4. The number of nitrogens with zero attached hydrogens (tertiary/aromatic N) is 2. The number of carbonyl (C=O) groups excluding carboxylic acids is 2. The molecule has 1 aliphatic carbocycles. The molecule has 2 aliphatic rings. The van der Waals surface area contributed by atoms with Gasteiger partial charge in [0.05, 0.1) is 0 Å². The molecule has 130 valence electrons. The summed E-state index contributed by atoms with van der Waals surface area (Å²) in [6.45, 7) is 4.13. The van der Waals surface area contributed by atoms with Gasteiger partial charge >= 0.3 is 0 Å². The van der Waals surface area contributed by atoms with Crippen molar-refractivity contribution in [2.45, 2.75) is 31.7 Å². The summed E-state index contributed by atoms with van der Waals surface area (Å²) in [5, 5.41) is 2.83. The highest BCUT2D eigenvalue weighted by atomic mass is 79.9. The van der Waals surface area contributed by atoms with Crippen LogP contribution in [0.4, 0.5) is 0 Å². The lowest BCUT2D eigenvalue weighted by atomic mass is 10.2. The highest BCUT2D eigenvalue weighted by Gasteiger charge is 2.30. The Morgan fingerprint density at radius 2 is 1.83 bits per heavy atom. The molecule has 6 heteroatoms. The van der Waals surface area contributed by atoms with Crippen molar-refractivity contribution in [3.8, 4) is 0 Å². The van der Waals surface area contributed by atoms with Crippen molar-refractivity contribution in [2.24, 2.45) is 0 Å². The minimum Gasteiger partial charge on any atom is -0.352 e. The Kier molecular flexibility index (Phi) is 5.89. The number of hydrogen-bond acceptors (Lipinski definition) is 3. The molecule has 3 rings (SSSR count). The van der Waals surface area contributed by atoms with Crippen LogP contribution in [0.25, 0.3) is 0 Å². The molecule has 0 atom stereocenters. The predicted octanol–water partition coefficient (Wildman–Crippen LogP) is 2.27. The van der Waals surface area contributed by atoms with Crippen LogP contribution in [-0.4, -0.2) is 60.4 Å². The van der Waals surface area contributed by atoms with E-state index in [0.29, 0.717) is 18.5 Å². The van der Waals surface area contributed by atoms with Crippen LogP contribution in [0.3, 0.4) is 0 Å². The standard InChI is InChI=1S/C18H24BrN3O2/c19-15-4-2-14(3-5-15)18(24)20-9-8-17(23)22-11-1-10-21(12-13-22)16-6-7-16/h2-5,16H,1,6-13H2,(H,20,24). The molecule has 0 radical (unpaired) electrons. The fraction of sp³-hybridized carbons (Fsp3) is 0.556. The number of rotatable bonds is 5. The zero-order valence-electron chi connectivity index (χ0n) is 13.8. The van der Waals surface area contributed by atoms with Crippen LogP contribution < -0.4 is 5.32 Å². The third-order valence-corrected chi connectivity index (χ3v) is 5.21. The Balaban J connectivity index is 1.40. The molecule has 0 bridgehead atoms. The van der Waals surface area contributed by atoms with E-state index in [0.717, 1.165) is 43.1 Å². The number of carbonyl (C=O) groups is 2. The summed E-state index contributed by atoms with van der Waals surface area (Å²) in [4.78, 5) is 28.9. The lowest BCUT2D eigenvalue weighted by molar-refractivity contribution is -0.130. The zero-order valence-corrected chi connectivity index (χ0v) is 15.4. The van der Waals surface area contributed by atoms with E-state index in [4.69, 9.17) is 0 Å². The Hall–Kier alpha value is -1.40. The van der Waals surface area contributed by atoms with E-state index < -0.39 is 0 Å². The first kappa shape index (κ1) is 17.4. The molecule has 1 aromatic rings. The summed E-state index contributed by atoms with van der Waals surface area (Å²) >= 11 is 3.35. The quantitative estimate of drug-likeness (QED) is 0.834. The molecule has 1 aromatic carbocycles. The fourth-order valence-electron chi connectivity index (χ4n) is 3.14. The molecule has 1 saturated heterocycles. The molecule has 1 aliphatic heterocycles. The average Bonchev–Trinajstić information content (AvgIpc) is 3.41. The van der Waals surface area contributed by atoms with E-state index in [9.17, 15) is 9.59 Å². The summed E-state index contributed by atoms with van der Waals surface area (Å²) in [7, 11) is 0. The van der Waals surface area contributed by atoms with Crippen molar-refractivity contribution in [3.05, 3.63) is 34.3 Å². The SMILES string of the molecule is O=C(NCCC(=O)N1CCCN(C2CC2)CC1)c1ccc(Br)cc1. The first-order valence-corrected chi connectivity index (χ1v) is 9.48. The van der Waals surface area contributed by atoms with E-state index in [1.807, 2.05) is 17.0 Å². The summed E-state index contributed by atoms with van der Waals surface area (Å²) in [5.74, 6) is 0.00910. The summed E-state index contributed by atoms with van der Waals surface area (Å²) in [6, 6.07) is 7.97. The largest absolute Gasteiger partial charge is 0.352 e.